The molecule has 0 bridgehead atoms. The van der Waals surface area contributed by atoms with Crippen molar-refractivity contribution in [2.75, 3.05) is 0 Å². The highest BCUT2D eigenvalue weighted by Gasteiger charge is 2.16. The standard InChI is InChI=1S/C10H14S.C3H8/c1-7-3-4-10-9(5-7)6-8(2)11-10;1-3-2/h6-7H,3-5H2,1-2H3;3H2,1-2H3. The second-order valence-electron chi connectivity index (χ2n) is 4.36. The molecule has 1 aliphatic carbocycles. The van der Waals surface area contributed by atoms with Crippen molar-refractivity contribution in [3.63, 3.8) is 0 Å². The summed E-state index contributed by atoms with van der Waals surface area (Å²) in [7, 11) is 0. The molecule has 1 atom stereocenters. The van der Waals surface area contributed by atoms with Crippen LogP contribution in [0.15, 0.2) is 6.07 Å². The van der Waals surface area contributed by atoms with Gasteiger partial charge in [0.1, 0.15) is 0 Å². The predicted octanol–water partition coefficient (Wildman–Crippen LogP) is 4.60. The van der Waals surface area contributed by atoms with Crippen molar-refractivity contribution in [2.45, 2.75) is 53.4 Å². The summed E-state index contributed by atoms with van der Waals surface area (Å²) in [4.78, 5) is 3.14. The number of fused-ring (bicyclic) bond motifs is 1. The quantitative estimate of drug-likeness (QED) is 0.587. The van der Waals surface area contributed by atoms with Crippen LogP contribution in [-0.4, -0.2) is 0 Å². The third kappa shape index (κ3) is 3.13. The molecule has 1 unspecified atom stereocenters. The molecule has 0 saturated carbocycles. The van der Waals surface area contributed by atoms with Crippen LogP contribution in [0, 0.1) is 12.8 Å². The van der Waals surface area contributed by atoms with E-state index in [9.17, 15) is 0 Å². The molecule has 14 heavy (non-hydrogen) atoms. The van der Waals surface area contributed by atoms with Gasteiger partial charge in [0.2, 0.25) is 0 Å². The average Bonchev–Trinajstić information content (AvgIpc) is 2.45. The van der Waals surface area contributed by atoms with Crippen molar-refractivity contribution >= 4 is 11.3 Å². The molecule has 80 valence electrons. The fourth-order valence-corrected chi connectivity index (χ4v) is 2.94. The predicted molar refractivity (Wildman–Crippen MR) is 66.2 cm³/mol. The lowest BCUT2D eigenvalue weighted by Gasteiger charge is -2.17. The Hall–Kier alpha value is -0.300. The summed E-state index contributed by atoms with van der Waals surface area (Å²) < 4.78 is 0. The maximum Gasteiger partial charge on any atom is 0.00802 e. The van der Waals surface area contributed by atoms with E-state index >= 15 is 0 Å². The van der Waals surface area contributed by atoms with Crippen molar-refractivity contribution in [2.24, 2.45) is 5.92 Å². The fraction of sp³-hybridized carbons (Fsp3) is 0.692. The number of rotatable bonds is 0. The zero-order chi connectivity index (χ0) is 10.6. The molecule has 0 nitrogen and oxygen atoms in total. The summed E-state index contributed by atoms with van der Waals surface area (Å²) in [5.41, 5.74) is 1.63. The van der Waals surface area contributed by atoms with Gasteiger partial charge in [-0.25, -0.2) is 0 Å². The van der Waals surface area contributed by atoms with Gasteiger partial charge in [-0.15, -0.1) is 11.3 Å². The van der Waals surface area contributed by atoms with Crippen molar-refractivity contribution in [1.29, 1.82) is 0 Å². The van der Waals surface area contributed by atoms with E-state index in [0.717, 1.165) is 5.92 Å². The molecule has 0 fully saturated rings. The third-order valence-electron chi connectivity index (χ3n) is 2.45. The average molecular weight is 210 g/mol. The first-order valence-corrected chi connectivity index (χ1v) is 6.57. The number of hydrogen-bond acceptors (Lipinski definition) is 1. The summed E-state index contributed by atoms with van der Waals surface area (Å²) in [6.45, 7) is 8.82. The Kier molecular flexibility index (Phi) is 4.67. The van der Waals surface area contributed by atoms with Crippen LogP contribution in [-0.2, 0) is 12.8 Å². The lowest BCUT2D eigenvalue weighted by atomic mass is 9.90. The highest BCUT2D eigenvalue weighted by molar-refractivity contribution is 7.12. The van der Waals surface area contributed by atoms with Gasteiger partial charge < -0.3 is 0 Å². The van der Waals surface area contributed by atoms with Crippen LogP contribution < -0.4 is 0 Å². The molecular formula is C13H22S. The molecule has 0 N–H and O–H groups in total. The van der Waals surface area contributed by atoms with E-state index in [-0.39, 0.29) is 0 Å². The lowest BCUT2D eigenvalue weighted by Crippen LogP contribution is -2.07. The third-order valence-corrected chi connectivity index (χ3v) is 3.60. The first kappa shape index (κ1) is 11.8. The van der Waals surface area contributed by atoms with Gasteiger partial charge in [-0.2, -0.15) is 0 Å². The summed E-state index contributed by atoms with van der Waals surface area (Å²) >= 11 is 1.99. The molecule has 0 saturated heterocycles. The molecule has 0 spiro atoms. The van der Waals surface area contributed by atoms with Crippen molar-refractivity contribution in [3.05, 3.63) is 21.4 Å². The molecule has 2 rings (SSSR count). The van der Waals surface area contributed by atoms with Crippen LogP contribution in [0.5, 0.6) is 0 Å². The smallest absolute Gasteiger partial charge is 0.00802 e. The van der Waals surface area contributed by atoms with Gasteiger partial charge in [0.25, 0.3) is 0 Å². The van der Waals surface area contributed by atoms with Gasteiger partial charge in [0, 0.05) is 9.75 Å². The van der Waals surface area contributed by atoms with Gasteiger partial charge in [-0.05, 0) is 43.7 Å². The molecule has 0 aromatic carbocycles. The second-order valence-corrected chi connectivity index (χ2v) is 5.70. The van der Waals surface area contributed by atoms with E-state index < -0.39 is 0 Å². The van der Waals surface area contributed by atoms with Crippen molar-refractivity contribution in [3.8, 4) is 0 Å². The van der Waals surface area contributed by atoms with Gasteiger partial charge >= 0.3 is 0 Å². The maximum absolute atomic E-state index is 2.37. The number of thiophene rings is 1. The molecule has 0 amide bonds. The molecule has 1 aromatic rings. The van der Waals surface area contributed by atoms with Crippen LogP contribution in [0.2, 0.25) is 0 Å². The van der Waals surface area contributed by atoms with Crippen LogP contribution >= 0.6 is 11.3 Å². The monoisotopic (exact) mass is 210 g/mol. The van der Waals surface area contributed by atoms with E-state index in [1.165, 1.54) is 30.6 Å². The Labute approximate surface area is 92.4 Å². The fourth-order valence-electron chi connectivity index (χ4n) is 1.85. The van der Waals surface area contributed by atoms with Crippen molar-refractivity contribution < 1.29 is 0 Å². The van der Waals surface area contributed by atoms with Gasteiger partial charge in [-0.3, -0.25) is 0 Å². The Morgan fingerprint density at radius 2 is 2.07 bits per heavy atom. The van der Waals surface area contributed by atoms with Crippen LogP contribution in [0.4, 0.5) is 0 Å². The molecule has 1 heterocycles. The summed E-state index contributed by atoms with van der Waals surface area (Å²) in [5.74, 6) is 0.913. The van der Waals surface area contributed by atoms with Crippen LogP contribution in [0.3, 0.4) is 0 Å². The van der Waals surface area contributed by atoms with E-state index in [2.05, 4.69) is 33.8 Å². The first-order chi connectivity index (χ1) is 6.67. The normalized spacial score (nSPS) is 19.6. The van der Waals surface area contributed by atoms with Crippen molar-refractivity contribution in [1.82, 2.24) is 0 Å². The largest absolute Gasteiger partial charge is 0.145 e. The van der Waals surface area contributed by atoms with E-state index in [4.69, 9.17) is 0 Å². The lowest BCUT2D eigenvalue weighted by molar-refractivity contribution is 0.506. The zero-order valence-corrected chi connectivity index (χ0v) is 10.7. The highest BCUT2D eigenvalue weighted by atomic mass is 32.1. The Bertz CT molecular complexity index is 273. The Morgan fingerprint density at radius 3 is 2.71 bits per heavy atom. The number of aryl methyl sites for hydroxylation is 2. The number of hydrogen-bond donors (Lipinski definition) is 0. The van der Waals surface area contributed by atoms with Gasteiger partial charge in [-0.1, -0.05) is 27.2 Å². The summed E-state index contributed by atoms with van der Waals surface area (Å²) in [5, 5.41) is 0. The molecule has 1 heteroatoms. The van der Waals surface area contributed by atoms with Crippen LogP contribution in [0.1, 0.15) is 48.9 Å². The Morgan fingerprint density at radius 1 is 1.43 bits per heavy atom. The zero-order valence-electron chi connectivity index (χ0n) is 9.89. The highest BCUT2D eigenvalue weighted by Crippen LogP contribution is 2.31. The molecule has 1 aromatic heterocycles. The van der Waals surface area contributed by atoms with E-state index in [0.29, 0.717) is 0 Å². The SMILES string of the molecule is CCC.Cc1cc2c(s1)CCC(C)C2. The topological polar surface area (TPSA) is 0 Å². The summed E-state index contributed by atoms with van der Waals surface area (Å²) in [6.07, 6.45) is 5.29. The van der Waals surface area contributed by atoms with E-state index in [1.54, 1.807) is 10.4 Å². The second kappa shape index (κ2) is 5.55. The minimum Gasteiger partial charge on any atom is -0.145 e. The van der Waals surface area contributed by atoms with Gasteiger partial charge in [0.05, 0.1) is 0 Å². The Balaban J connectivity index is 0.000000293. The minimum atomic E-state index is 0.913. The van der Waals surface area contributed by atoms with E-state index in [1.807, 2.05) is 11.3 Å². The molecular weight excluding hydrogens is 188 g/mol. The molecule has 0 aliphatic heterocycles. The summed E-state index contributed by atoms with van der Waals surface area (Å²) in [6, 6.07) is 2.37. The maximum atomic E-state index is 2.37. The minimum absolute atomic E-state index is 0.913. The van der Waals surface area contributed by atoms with Gasteiger partial charge in [0.15, 0.2) is 0 Å². The van der Waals surface area contributed by atoms with Crippen LogP contribution in [0.25, 0.3) is 0 Å². The molecule has 0 radical (unpaired) electrons. The molecule has 1 aliphatic rings. The first-order valence-electron chi connectivity index (χ1n) is 5.75.